The van der Waals surface area contributed by atoms with Gasteiger partial charge >= 0.3 is 0 Å². The van der Waals surface area contributed by atoms with Crippen molar-refractivity contribution in [1.29, 1.82) is 0 Å². The number of rotatable bonds is 8. The van der Waals surface area contributed by atoms with E-state index in [9.17, 15) is 18.0 Å². The van der Waals surface area contributed by atoms with Crippen molar-refractivity contribution in [2.24, 2.45) is 0 Å². The lowest BCUT2D eigenvalue weighted by atomic mass is 10.2. The van der Waals surface area contributed by atoms with Crippen molar-refractivity contribution in [2.45, 2.75) is 0 Å². The van der Waals surface area contributed by atoms with Gasteiger partial charge in [-0.3, -0.25) is 9.59 Å². The molecule has 1 aromatic heterocycles. The summed E-state index contributed by atoms with van der Waals surface area (Å²) in [5.41, 5.74) is 0.452. The van der Waals surface area contributed by atoms with Crippen molar-refractivity contribution in [3.63, 3.8) is 0 Å². The monoisotopic (exact) mass is 432 g/mol. The maximum Gasteiger partial charge on any atom is 0.251 e. The van der Waals surface area contributed by atoms with Gasteiger partial charge in [-0.05, 0) is 18.2 Å². The first kappa shape index (κ1) is 21.7. The summed E-state index contributed by atoms with van der Waals surface area (Å²) < 4.78 is 26.4. The molecule has 10 nitrogen and oxygen atoms in total. The van der Waals surface area contributed by atoms with E-state index in [1.165, 1.54) is 4.31 Å². The van der Waals surface area contributed by atoms with Crippen LogP contribution in [0.2, 0.25) is 0 Å². The van der Waals surface area contributed by atoms with Crippen LogP contribution in [0.25, 0.3) is 0 Å². The molecule has 30 heavy (non-hydrogen) atoms. The molecular weight excluding hydrogens is 408 g/mol. The number of sulfonamides is 1. The number of nitrogens with zero attached hydrogens (tertiary/aromatic N) is 4. The van der Waals surface area contributed by atoms with Crippen molar-refractivity contribution in [2.75, 3.05) is 49.9 Å². The molecule has 1 aromatic carbocycles. The van der Waals surface area contributed by atoms with Crippen LogP contribution in [0.15, 0.2) is 48.8 Å². The number of carbonyl (C=O) groups is 2. The predicted octanol–water partition coefficient (Wildman–Crippen LogP) is -0.525. The molecule has 1 aliphatic heterocycles. The highest BCUT2D eigenvalue weighted by atomic mass is 32.2. The number of carbonyl (C=O) groups excluding carboxylic acids is 2. The summed E-state index contributed by atoms with van der Waals surface area (Å²) in [5, 5.41) is 5.03. The number of benzene rings is 1. The molecule has 0 saturated carbocycles. The van der Waals surface area contributed by atoms with Crippen molar-refractivity contribution in [3.8, 4) is 0 Å². The number of aromatic nitrogens is 2. The van der Waals surface area contributed by atoms with Crippen molar-refractivity contribution >= 4 is 27.8 Å². The Kier molecular flexibility index (Phi) is 7.31. The van der Waals surface area contributed by atoms with Gasteiger partial charge in [0.2, 0.25) is 21.9 Å². The molecule has 2 N–H and O–H groups in total. The minimum Gasteiger partial charge on any atom is -0.353 e. The largest absolute Gasteiger partial charge is 0.353 e. The molecule has 1 saturated heterocycles. The zero-order valence-electron chi connectivity index (χ0n) is 16.4. The fraction of sp³-hybridized carbons (Fsp3) is 0.368. The molecule has 3 rings (SSSR count). The Morgan fingerprint density at radius 1 is 0.933 bits per heavy atom. The van der Waals surface area contributed by atoms with Crippen LogP contribution < -0.4 is 15.5 Å². The molecule has 0 unspecified atom stereocenters. The van der Waals surface area contributed by atoms with Crippen LogP contribution in [0.3, 0.4) is 0 Å². The van der Waals surface area contributed by atoms with E-state index in [4.69, 9.17) is 0 Å². The number of anilines is 1. The van der Waals surface area contributed by atoms with Gasteiger partial charge in [0, 0.05) is 50.7 Å². The third-order valence-corrected chi connectivity index (χ3v) is 6.47. The van der Waals surface area contributed by atoms with E-state index < -0.39 is 15.9 Å². The second-order valence-electron chi connectivity index (χ2n) is 6.65. The second-order valence-corrected chi connectivity index (χ2v) is 8.74. The summed E-state index contributed by atoms with van der Waals surface area (Å²) in [7, 11) is -3.50. The van der Waals surface area contributed by atoms with Crippen LogP contribution in [0.1, 0.15) is 10.4 Å². The third-order valence-electron chi connectivity index (χ3n) is 4.59. The van der Waals surface area contributed by atoms with Crippen molar-refractivity contribution < 1.29 is 18.0 Å². The highest BCUT2D eigenvalue weighted by Gasteiger charge is 2.27. The number of hydrogen-bond acceptors (Lipinski definition) is 7. The average Bonchev–Trinajstić information content (AvgIpc) is 2.78. The molecule has 11 heteroatoms. The first-order valence-electron chi connectivity index (χ1n) is 9.55. The molecule has 1 aliphatic rings. The summed E-state index contributed by atoms with van der Waals surface area (Å²) in [6, 6.07) is 10.3. The van der Waals surface area contributed by atoms with Crippen LogP contribution >= 0.6 is 0 Å². The van der Waals surface area contributed by atoms with Crippen molar-refractivity contribution in [3.05, 3.63) is 54.4 Å². The van der Waals surface area contributed by atoms with Crippen LogP contribution in [-0.2, 0) is 14.8 Å². The maximum absolute atomic E-state index is 12.5. The van der Waals surface area contributed by atoms with Crippen LogP contribution in [0.5, 0.6) is 0 Å². The number of nitrogens with one attached hydrogen (secondary N) is 2. The zero-order chi connectivity index (χ0) is 21.4. The highest BCUT2D eigenvalue weighted by molar-refractivity contribution is 7.89. The Hall–Kier alpha value is -3.05. The van der Waals surface area contributed by atoms with E-state index in [1.807, 2.05) is 4.90 Å². The smallest absolute Gasteiger partial charge is 0.251 e. The minimum atomic E-state index is -3.50. The SMILES string of the molecule is O=C(CNC(=O)c1ccccc1)NCCS(=O)(=O)N1CCN(c2ncccn2)CC1. The first-order chi connectivity index (χ1) is 14.5. The summed E-state index contributed by atoms with van der Waals surface area (Å²) in [4.78, 5) is 34.1. The molecule has 0 bridgehead atoms. The van der Waals surface area contributed by atoms with Gasteiger partial charge in [-0.2, -0.15) is 4.31 Å². The quantitative estimate of drug-likeness (QED) is 0.575. The second kappa shape index (κ2) is 10.1. The standard InChI is InChI=1S/C19H24N6O4S/c26-17(15-23-18(27)16-5-2-1-3-6-16)20-9-14-30(28,29)25-12-10-24(11-13-25)19-21-7-4-8-22-19/h1-8H,9-15H2,(H,20,26)(H,23,27). The van der Waals surface area contributed by atoms with Crippen LogP contribution in [0, 0.1) is 0 Å². The summed E-state index contributed by atoms with van der Waals surface area (Å²) in [6.07, 6.45) is 3.30. The predicted molar refractivity (Wildman–Crippen MR) is 111 cm³/mol. The van der Waals surface area contributed by atoms with E-state index in [0.29, 0.717) is 37.7 Å². The highest BCUT2D eigenvalue weighted by Crippen LogP contribution is 2.12. The number of hydrogen-bond donors (Lipinski definition) is 2. The van der Waals surface area contributed by atoms with Crippen LogP contribution in [-0.4, -0.2) is 79.5 Å². The molecule has 0 spiro atoms. The lowest BCUT2D eigenvalue weighted by molar-refractivity contribution is -0.120. The fourth-order valence-corrected chi connectivity index (χ4v) is 4.32. The molecule has 2 amide bonds. The summed E-state index contributed by atoms with van der Waals surface area (Å²) in [6.45, 7) is 1.43. The van der Waals surface area contributed by atoms with Gasteiger partial charge in [-0.15, -0.1) is 0 Å². The van der Waals surface area contributed by atoms with E-state index >= 15 is 0 Å². The van der Waals surface area contributed by atoms with E-state index in [0.717, 1.165) is 0 Å². The van der Waals surface area contributed by atoms with E-state index in [-0.39, 0.29) is 24.7 Å². The van der Waals surface area contributed by atoms with Gasteiger partial charge in [-0.1, -0.05) is 18.2 Å². The zero-order valence-corrected chi connectivity index (χ0v) is 17.2. The number of piperazine rings is 1. The maximum atomic E-state index is 12.5. The lowest BCUT2D eigenvalue weighted by Crippen LogP contribution is -2.50. The topological polar surface area (TPSA) is 125 Å². The molecule has 1 fully saturated rings. The van der Waals surface area contributed by atoms with Gasteiger partial charge in [0.15, 0.2) is 0 Å². The van der Waals surface area contributed by atoms with Gasteiger partial charge < -0.3 is 15.5 Å². The van der Waals surface area contributed by atoms with E-state index in [1.54, 1.807) is 48.8 Å². The molecule has 160 valence electrons. The molecule has 2 aromatic rings. The van der Waals surface area contributed by atoms with E-state index in [2.05, 4.69) is 20.6 Å². The summed E-state index contributed by atoms with van der Waals surface area (Å²) >= 11 is 0. The fourth-order valence-electron chi connectivity index (χ4n) is 2.98. The normalized spacial score (nSPS) is 14.9. The Bertz CT molecular complexity index is 948. The Morgan fingerprint density at radius 2 is 1.60 bits per heavy atom. The van der Waals surface area contributed by atoms with Crippen molar-refractivity contribution in [1.82, 2.24) is 24.9 Å². The molecule has 2 heterocycles. The molecule has 0 radical (unpaired) electrons. The van der Waals surface area contributed by atoms with Gasteiger partial charge in [-0.25, -0.2) is 18.4 Å². The lowest BCUT2D eigenvalue weighted by Gasteiger charge is -2.33. The van der Waals surface area contributed by atoms with Gasteiger partial charge in [0.25, 0.3) is 5.91 Å². The van der Waals surface area contributed by atoms with Crippen LogP contribution in [0.4, 0.5) is 5.95 Å². The Morgan fingerprint density at radius 3 is 2.27 bits per heavy atom. The first-order valence-corrected chi connectivity index (χ1v) is 11.2. The molecule has 0 aliphatic carbocycles. The number of amides is 2. The third kappa shape index (κ3) is 5.97. The summed E-state index contributed by atoms with van der Waals surface area (Å²) in [5.74, 6) is -0.425. The molecular formula is C19H24N6O4S. The Labute approximate surface area is 175 Å². The van der Waals surface area contributed by atoms with Gasteiger partial charge in [0.05, 0.1) is 12.3 Å². The average molecular weight is 433 g/mol. The van der Waals surface area contributed by atoms with Gasteiger partial charge in [0.1, 0.15) is 0 Å². The minimum absolute atomic E-state index is 0.0234. The Balaban J connectivity index is 1.38. The molecule has 0 atom stereocenters.